The highest BCUT2D eigenvalue weighted by Crippen LogP contribution is 2.20. The first-order valence-corrected chi connectivity index (χ1v) is 5.34. The molecule has 1 saturated carbocycles. The molecule has 0 radical (unpaired) electrons. The Hall–Kier alpha value is -1.18. The minimum atomic E-state index is 0.907. The van der Waals surface area contributed by atoms with E-state index in [2.05, 4.69) is 23.0 Å². The Morgan fingerprint density at radius 1 is 1.21 bits per heavy atom. The molecule has 14 heavy (non-hydrogen) atoms. The molecule has 74 valence electrons. The van der Waals surface area contributed by atoms with Crippen LogP contribution in [0.5, 0.6) is 0 Å². The largest absolute Gasteiger partial charge is 0.238 e. The summed E-state index contributed by atoms with van der Waals surface area (Å²) in [6.45, 7) is 2.06. The number of nitrogens with zero attached hydrogens (tertiary/aromatic N) is 2. The molecule has 0 aliphatic heterocycles. The number of aliphatic imine (C=N–C) groups is 1. The van der Waals surface area contributed by atoms with Gasteiger partial charge in [0.05, 0.1) is 0 Å². The van der Waals surface area contributed by atoms with Crippen LogP contribution in [0.1, 0.15) is 37.7 Å². The third-order valence-electron chi connectivity index (χ3n) is 2.68. The summed E-state index contributed by atoms with van der Waals surface area (Å²) >= 11 is 0. The van der Waals surface area contributed by atoms with Gasteiger partial charge in [0.15, 0.2) is 5.82 Å². The zero-order chi connectivity index (χ0) is 9.80. The van der Waals surface area contributed by atoms with E-state index < -0.39 is 0 Å². The van der Waals surface area contributed by atoms with E-state index in [1.807, 2.05) is 12.3 Å². The van der Waals surface area contributed by atoms with Crippen LogP contribution in [-0.2, 0) is 0 Å². The molecule has 1 aromatic heterocycles. The van der Waals surface area contributed by atoms with Gasteiger partial charge in [-0.25, -0.2) is 9.98 Å². The molecule has 0 spiro atoms. The summed E-state index contributed by atoms with van der Waals surface area (Å²) in [5, 5.41) is 0. The molecular weight excluding hydrogens is 172 g/mol. The molecule has 0 N–H and O–H groups in total. The predicted molar refractivity (Wildman–Crippen MR) is 59.2 cm³/mol. The van der Waals surface area contributed by atoms with Crippen LogP contribution in [0.3, 0.4) is 0 Å². The maximum atomic E-state index is 4.62. The Kier molecular flexibility index (Phi) is 2.92. The van der Waals surface area contributed by atoms with Gasteiger partial charge in [0, 0.05) is 11.9 Å². The van der Waals surface area contributed by atoms with Crippen LogP contribution in [-0.4, -0.2) is 10.7 Å². The van der Waals surface area contributed by atoms with Crippen LogP contribution in [0.25, 0.3) is 0 Å². The van der Waals surface area contributed by atoms with Crippen molar-refractivity contribution in [2.45, 2.75) is 39.0 Å². The third-order valence-corrected chi connectivity index (χ3v) is 2.68. The highest BCUT2D eigenvalue weighted by atomic mass is 14.9. The maximum Gasteiger partial charge on any atom is 0.154 e. The first-order chi connectivity index (χ1) is 6.86. The quantitative estimate of drug-likeness (QED) is 0.662. The van der Waals surface area contributed by atoms with Crippen molar-refractivity contribution in [3.8, 4) is 0 Å². The van der Waals surface area contributed by atoms with Gasteiger partial charge in [0.25, 0.3) is 0 Å². The van der Waals surface area contributed by atoms with Crippen molar-refractivity contribution in [1.82, 2.24) is 4.98 Å². The molecule has 1 aromatic rings. The molecule has 0 saturated heterocycles. The van der Waals surface area contributed by atoms with Gasteiger partial charge in [-0.2, -0.15) is 0 Å². The van der Waals surface area contributed by atoms with E-state index in [0.29, 0.717) is 0 Å². The lowest BCUT2D eigenvalue weighted by atomic mass is 9.98. The molecule has 1 heterocycles. The minimum absolute atomic E-state index is 0.907. The van der Waals surface area contributed by atoms with Crippen LogP contribution in [0.15, 0.2) is 23.3 Å². The van der Waals surface area contributed by atoms with Gasteiger partial charge >= 0.3 is 0 Å². The Labute approximate surface area is 85.1 Å². The maximum absolute atomic E-state index is 4.62. The molecule has 1 aliphatic carbocycles. The molecular formula is C12H16N2. The second-order valence-electron chi connectivity index (χ2n) is 3.88. The van der Waals surface area contributed by atoms with E-state index in [4.69, 9.17) is 0 Å². The van der Waals surface area contributed by atoms with E-state index in [-0.39, 0.29) is 0 Å². The van der Waals surface area contributed by atoms with Crippen LogP contribution in [0.4, 0.5) is 5.82 Å². The van der Waals surface area contributed by atoms with Gasteiger partial charge < -0.3 is 0 Å². The van der Waals surface area contributed by atoms with E-state index >= 15 is 0 Å². The smallest absolute Gasteiger partial charge is 0.154 e. The number of aryl methyl sites for hydroxylation is 1. The monoisotopic (exact) mass is 188 g/mol. The SMILES string of the molecule is Cc1cccnc1N=C1CCCCC1. The average molecular weight is 188 g/mol. The van der Waals surface area contributed by atoms with Crippen LogP contribution >= 0.6 is 0 Å². The summed E-state index contributed by atoms with van der Waals surface area (Å²) < 4.78 is 0. The third kappa shape index (κ3) is 2.19. The molecule has 2 heteroatoms. The molecule has 2 nitrogen and oxygen atoms in total. The normalized spacial score (nSPS) is 16.8. The van der Waals surface area contributed by atoms with Crippen molar-refractivity contribution in [1.29, 1.82) is 0 Å². The van der Waals surface area contributed by atoms with E-state index in [0.717, 1.165) is 18.7 Å². The molecule has 0 bridgehead atoms. The number of hydrogen-bond acceptors (Lipinski definition) is 2. The number of rotatable bonds is 1. The van der Waals surface area contributed by atoms with Crippen molar-refractivity contribution in [3.63, 3.8) is 0 Å². The summed E-state index contributed by atoms with van der Waals surface area (Å²) in [6, 6.07) is 4.02. The van der Waals surface area contributed by atoms with E-state index in [1.165, 1.54) is 30.5 Å². The van der Waals surface area contributed by atoms with Gasteiger partial charge in [-0.1, -0.05) is 12.5 Å². The van der Waals surface area contributed by atoms with Crippen molar-refractivity contribution in [3.05, 3.63) is 23.9 Å². The molecule has 2 rings (SSSR count). The lowest BCUT2D eigenvalue weighted by Gasteiger charge is -2.12. The second-order valence-corrected chi connectivity index (χ2v) is 3.88. The van der Waals surface area contributed by atoms with Crippen molar-refractivity contribution in [2.24, 2.45) is 4.99 Å². The Bertz CT molecular complexity index is 334. The number of aromatic nitrogens is 1. The highest BCUT2D eigenvalue weighted by molar-refractivity contribution is 5.87. The summed E-state index contributed by atoms with van der Waals surface area (Å²) in [7, 11) is 0. The molecule has 0 amide bonds. The minimum Gasteiger partial charge on any atom is -0.238 e. The fourth-order valence-corrected chi connectivity index (χ4v) is 1.82. The van der Waals surface area contributed by atoms with Gasteiger partial charge in [-0.05, 0) is 44.2 Å². The fraction of sp³-hybridized carbons (Fsp3) is 0.500. The van der Waals surface area contributed by atoms with Gasteiger partial charge in [0.1, 0.15) is 0 Å². The molecule has 0 atom stereocenters. The standard InChI is InChI=1S/C12H16N2/c1-10-6-5-9-13-12(10)14-11-7-3-2-4-8-11/h5-6,9H,2-4,7-8H2,1H3. The van der Waals surface area contributed by atoms with E-state index in [1.54, 1.807) is 0 Å². The van der Waals surface area contributed by atoms with Crippen LogP contribution in [0.2, 0.25) is 0 Å². The van der Waals surface area contributed by atoms with Gasteiger partial charge in [-0.15, -0.1) is 0 Å². The summed E-state index contributed by atoms with van der Waals surface area (Å²) in [4.78, 5) is 8.91. The first kappa shape index (κ1) is 9.38. The van der Waals surface area contributed by atoms with E-state index in [9.17, 15) is 0 Å². The Morgan fingerprint density at radius 2 is 2.00 bits per heavy atom. The van der Waals surface area contributed by atoms with Crippen LogP contribution in [0, 0.1) is 6.92 Å². The Morgan fingerprint density at radius 3 is 2.71 bits per heavy atom. The first-order valence-electron chi connectivity index (χ1n) is 5.34. The lowest BCUT2D eigenvalue weighted by Crippen LogP contribution is -2.04. The molecule has 1 aliphatic rings. The highest BCUT2D eigenvalue weighted by Gasteiger charge is 2.07. The summed E-state index contributed by atoms with van der Waals surface area (Å²) in [6.07, 6.45) is 8.09. The molecule has 0 unspecified atom stereocenters. The number of hydrogen-bond donors (Lipinski definition) is 0. The molecule has 0 aromatic carbocycles. The predicted octanol–water partition coefficient (Wildman–Crippen LogP) is 3.43. The van der Waals surface area contributed by atoms with Crippen molar-refractivity contribution >= 4 is 11.5 Å². The number of pyridine rings is 1. The fourth-order valence-electron chi connectivity index (χ4n) is 1.82. The molecule has 1 fully saturated rings. The average Bonchev–Trinajstić information content (AvgIpc) is 2.23. The van der Waals surface area contributed by atoms with Crippen LogP contribution < -0.4 is 0 Å². The zero-order valence-corrected chi connectivity index (χ0v) is 8.66. The van der Waals surface area contributed by atoms with Crippen molar-refractivity contribution in [2.75, 3.05) is 0 Å². The topological polar surface area (TPSA) is 25.2 Å². The second kappa shape index (κ2) is 4.36. The van der Waals surface area contributed by atoms with Gasteiger partial charge in [-0.3, -0.25) is 0 Å². The summed E-state index contributed by atoms with van der Waals surface area (Å²) in [5.74, 6) is 0.907. The summed E-state index contributed by atoms with van der Waals surface area (Å²) in [5.41, 5.74) is 2.50. The van der Waals surface area contributed by atoms with Crippen molar-refractivity contribution < 1.29 is 0 Å². The zero-order valence-electron chi connectivity index (χ0n) is 8.66. The van der Waals surface area contributed by atoms with Gasteiger partial charge in [0.2, 0.25) is 0 Å². The lowest BCUT2D eigenvalue weighted by molar-refractivity contribution is 0.666. The Balaban J connectivity index is 2.19.